The number of benzene rings is 1. The van der Waals surface area contributed by atoms with E-state index < -0.39 is 11.7 Å². The fourth-order valence-corrected chi connectivity index (χ4v) is 1.57. The summed E-state index contributed by atoms with van der Waals surface area (Å²) in [7, 11) is 1.66. The van der Waals surface area contributed by atoms with E-state index in [4.69, 9.17) is 15.7 Å². The van der Waals surface area contributed by atoms with Gasteiger partial charge in [-0.3, -0.25) is 0 Å². The van der Waals surface area contributed by atoms with Gasteiger partial charge in [0.05, 0.1) is 0 Å². The van der Waals surface area contributed by atoms with Gasteiger partial charge < -0.3 is 20.6 Å². The Labute approximate surface area is 118 Å². The minimum Gasteiger partial charge on any atom is -0.444 e. The van der Waals surface area contributed by atoms with E-state index in [1.54, 1.807) is 25.2 Å². The molecule has 0 aliphatic rings. The molecule has 1 aromatic carbocycles. The van der Waals surface area contributed by atoms with E-state index in [0.717, 1.165) is 5.56 Å². The number of nitrogens with two attached hydrogens (primary N) is 1. The Kier molecular flexibility index (Phi) is 4.96. The molecule has 6 heteroatoms. The third kappa shape index (κ3) is 4.79. The number of oxime groups is 1. The number of amides is 1. The minimum absolute atomic E-state index is 0.0340. The Morgan fingerprint density at radius 3 is 2.65 bits per heavy atom. The van der Waals surface area contributed by atoms with Crippen LogP contribution < -0.4 is 5.73 Å². The Morgan fingerprint density at radius 2 is 2.10 bits per heavy atom. The zero-order valence-electron chi connectivity index (χ0n) is 12.3. The topological polar surface area (TPSA) is 88.1 Å². The molecule has 6 nitrogen and oxygen atoms in total. The number of ether oxygens (including phenoxy) is 1. The average molecular weight is 279 g/mol. The van der Waals surface area contributed by atoms with E-state index >= 15 is 0 Å². The molecule has 0 aliphatic carbocycles. The molecule has 20 heavy (non-hydrogen) atoms. The third-order valence-corrected chi connectivity index (χ3v) is 2.46. The molecule has 0 aliphatic heterocycles. The number of amidine groups is 1. The molecule has 0 unspecified atom stereocenters. The predicted octanol–water partition coefficient (Wildman–Crippen LogP) is 2.15. The summed E-state index contributed by atoms with van der Waals surface area (Å²) in [6.07, 6.45) is -0.397. The maximum absolute atomic E-state index is 11.9. The smallest absolute Gasteiger partial charge is 0.410 e. The van der Waals surface area contributed by atoms with Crippen molar-refractivity contribution in [2.75, 3.05) is 7.05 Å². The summed E-state index contributed by atoms with van der Waals surface area (Å²) in [6.45, 7) is 5.83. The van der Waals surface area contributed by atoms with Gasteiger partial charge >= 0.3 is 6.09 Å². The van der Waals surface area contributed by atoms with E-state index in [2.05, 4.69) is 5.16 Å². The lowest BCUT2D eigenvalue weighted by atomic mass is 10.1. The molecule has 0 atom stereocenters. The largest absolute Gasteiger partial charge is 0.444 e. The molecule has 0 bridgehead atoms. The summed E-state index contributed by atoms with van der Waals surface area (Å²) in [5.74, 6) is 0.0340. The van der Waals surface area contributed by atoms with Crippen LogP contribution in [0.5, 0.6) is 0 Å². The molecule has 0 aromatic heterocycles. The van der Waals surface area contributed by atoms with Crippen molar-refractivity contribution < 1.29 is 14.7 Å². The van der Waals surface area contributed by atoms with Gasteiger partial charge in [-0.05, 0) is 32.4 Å². The van der Waals surface area contributed by atoms with Crippen LogP contribution in [0.25, 0.3) is 0 Å². The summed E-state index contributed by atoms with van der Waals surface area (Å²) in [6, 6.07) is 7.13. The molecule has 110 valence electrons. The molecule has 1 amide bonds. The second kappa shape index (κ2) is 6.27. The highest BCUT2D eigenvalue weighted by Gasteiger charge is 2.19. The molecule has 0 saturated heterocycles. The molecule has 3 N–H and O–H groups in total. The standard InChI is InChI=1S/C14H21N3O3/c1-14(2,3)20-13(18)17(4)9-10-6-5-7-11(8-10)12(15)16-19/h5-8,19H,9H2,1-4H3,(H2,15,16). The van der Waals surface area contributed by atoms with Crippen LogP contribution in [-0.4, -0.2) is 34.7 Å². The maximum atomic E-state index is 11.9. The van der Waals surface area contributed by atoms with Crippen LogP contribution in [0.1, 0.15) is 31.9 Å². The van der Waals surface area contributed by atoms with Gasteiger partial charge in [-0.25, -0.2) is 4.79 Å². The first-order valence-electron chi connectivity index (χ1n) is 6.24. The van der Waals surface area contributed by atoms with Gasteiger partial charge in [-0.1, -0.05) is 23.4 Å². The van der Waals surface area contributed by atoms with Crippen LogP contribution in [0.2, 0.25) is 0 Å². The van der Waals surface area contributed by atoms with Crippen molar-refractivity contribution in [2.45, 2.75) is 32.9 Å². The molecular weight excluding hydrogens is 258 g/mol. The summed E-state index contributed by atoms with van der Waals surface area (Å²) < 4.78 is 5.27. The highest BCUT2D eigenvalue weighted by atomic mass is 16.6. The normalized spacial score (nSPS) is 12.1. The zero-order valence-corrected chi connectivity index (χ0v) is 12.3. The fraction of sp³-hybridized carbons (Fsp3) is 0.429. The Morgan fingerprint density at radius 1 is 1.45 bits per heavy atom. The highest BCUT2D eigenvalue weighted by molar-refractivity contribution is 5.97. The number of carbonyl (C=O) groups is 1. The minimum atomic E-state index is -0.527. The van der Waals surface area contributed by atoms with Crippen LogP contribution >= 0.6 is 0 Å². The summed E-state index contributed by atoms with van der Waals surface area (Å²) >= 11 is 0. The average Bonchev–Trinajstić information content (AvgIpc) is 2.36. The number of hydrogen-bond acceptors (Lipinski definition) is 4. The van der Waals surface area contributed by atoms with Gasteiger partial charge in [0, 0.05) is 19.2 Å². The second-order valence-corrected chi connectivity index (χ2v) is 5.52. The lowest BCUT2D eigenvalue weighted by Gasteiger charge is -2.24. The summed E-state index contributed by atoms with van der Waals surface area (Å²) in [4.78, 5) is 13.3. The van der Waals surface area contributed by atoms with Crippen LogP contribution in [0.4, 0.5) is 4.79 Å². The SMILES string of the molecule is CN(Cc1cccc(/C(N)=N\O)c1)C(=O)OC(C)(C)C. The molecule has 0 radical (unpaired) electrons. The van der Waals surface area contributed by atoms with Crippen molar-refractivity contribution in [1.29, 1.82) is 0 Å². The first-order valence-corrected chi connectivity index (χ1v) is 6.24. The third-order valence-electron chi connectivity index (χ3n) is 2.46. The number of nitrogens with zero attached hydrogens (tertiary/aromatic N) is 2. The predicted molar refractivity (Wildman–Crippen MR) is 76.7 cm³/mol. The Hall–Kier alpha value is -2.24. The van der Waals surface area contributed by atoms with Crippen molar-refractivity contribution >= 4 is 11.9 Å². The van der Waals surface area contributed by atoms with Gasteiger partial charge in [0.25, 0.3) is 0 Å². The number of rotatable bonds is 3. The molecular formula is C14H21N3O3. The fourth-order valence-electron chi connectivity index (χ4n) is 1.57. The van der Waals surface area contributed by atoms with Crippen LogP contribution in [0.15, 0.2) is 29.4 Å². The van der Waals surface area contributed by atoms with Gasteiger partial charge in [0.2, 0.25) is 0 Å². The van der Waals surface area contributed by atoms with Crippen LogP contribution in [0, 0.1) is 0 Å². The van der Waals surface area contributed by atoms with Crippen molar-refractivity contribution in [2.24, 2.45) is 10.9 Å². The first kappa shape index (κ1) is 15.8. The quantitative estimate of drug-likeness (QED) is 0.384. The molecule has 0 saturated carbocycles. The monoisotopic (exact) mass is 279 g/mol. The number of carbonyl (C=O) groups excluding carboxylic acids is 1. The molecule has 0 fully saturated rings. The van der Waals surface area contributed by atoms with Crippen molar-refractivity contribution in [3.05, 3.63) is 35.4 Å². The van der Waals surface area contributed by atoms with E-state index in [1.807, 2.05) is 26.8 Å². The van der Waals surface area contributed by atoms with Crippen LogP contribution in [-0.2, 0) is 11.3 Å². The van der Waals surface area contributed by atoms with E-state index in [1.165, 1.54) is 4.90 Å². The van der Waals surface area contributed by atoms with Crippen molar-refractivity contribution in [3.8, 4) is 0 Å². The van der Waals surface area contributed by atoms with Gasteiger partial charge in [-0.15, -0.1) is 0 Å². The summed E-state index contributed by atoms with van der Waals surface area (Å²) in [5, 5.41) is 11.6. The van der Waals surface area contributed by atoms with Gasteiger partial charge in [-0.2, -0.15) is 0 Å². The molecule has 0 spiro atoms. The van der Waals surface area contributed by atoms with E-state index in [0.29, 0.717) is 12.1 Å². The zero-order chi connectivity index (χ0) is 15.3. The Balaban J connectivity index is 2.76. The van der Waals surface area contributed by atoms with Crippen molar-refractivity contribution in [1.82, 2.24) is 4.90 Å². The molecule has 1 rings (SSSR count). The lowest BCUT2D eigenvalue weighted by Crippen LogP contribution is -2.33. The summed E-state index contributed by atoms with van der Waals surface area (Å²) in [5.41, 5.74) is 6.47. The lowest BCUT2D eigenvalue weighted by molar-refractivity contribution is 0.0285. The maximum Gasteiger partial charge on any atom is 0.410 e. The number of hydrogen-bond donors (Lipinski definition) is 2. The van der Waals surface area contributed by atoms with Crippen LogP contribution in [0.3, 0.4) is 0 Å². The van der Waals surface area contributed by atoms with Gasteiger partial charge in [0.1, 0.15) is 5.60 Å². The van der Waals surface area contributed by atoms with Crippen molar-refractivity contribution in [3.63, 3.8) is 0 Å². The highest BCUT2D eigenvalue weighted by Crippen LogP contribution is 2.12. The second-order valence-electron chi connectivity index (χ2n) is 5.52. The molecule has 0 heterocycles. The van der Waals surface area contributed by atoms with E-state index in [9.17, 15) is 4.79 Å². The van der Waals surface area contributed by atoms with Gasteiger partial charge in [0.15, 0.2) is 5.84 Å². The van der Waals surface area contributed by atoms with E-state index in [-0.39, 0.29) is 5.84 Å². The molecule has 1 aromatic rings. The Bertz CT molecular complexity index is 507. The first-order chi connectivity index (χ1) is 9.23.